The summed E-state index contributed by atoms with van der Waals surface area (Å²) in [6, 6.07) is 16.8. The highest BCUT2D eigenvalue weighted by atomic mass is 16.1. The van der Waals surface area contributed by atoms with E-state index in [-0.39, 0.29) is 0 Å². The van der Waals surface area contributed by atoms with Crippen LogP contribution in [0.1, 0.15) is 28.8 Å². The van der Waals surface area contributed by atoms with Crippen LogP contribution in [0.3, 0.4) is 0 Å². The molecule has 29 heavy (non-hydrogen) atoms. The van der Waals surface area contributed by atoms with Gasteiger partial charge in [0.2, 0.25) is 11.9 Å². The number of amides is 1. The number of anilines is 3. The van der Waals surface area contributed by atoms with E-state index in [2.05, 4.69) is 26.3 Å². The Morgan fingerprint density at radius 1 is 1.14 bits per heavy atom. The molecule has 0 spiro atoms. The molecule has 144 valence electrons. The molecule has 1 aromatic heterocycles. The van der Waals surface area contributed by atoms with Crippen molar-refractivity contribution < 1.29 is 4.79 Å². The highest BCUT2D eigenvalue weighted by Gasteiger charge is 2.16. The van der Waals surface area contributed by atoms with Crippen LogP contribution >= 0.6 is 0 Å². The van der Waals surface area contributed by atoms with Gasteiger partial charge in [-0.2, -0.15) is 5.26 Å². The second kappa shape index (κ2) is 7.98. The Morgan fingerprint density at radius 2 is 1.97 bits per heavy atom. The van der Waals surface area contributed by atoms with Crippen LogP contribution in [0.5, 0.6) is 0 Å². The number of hydrogen-bond donors (Lipinski definition) is 2. The van der Waals surface area contributed by atoms with Crippen molar-refractivity contribution >= 4 is 23.2 Å². The molecule has 3 aromatic rings. The van der Waals surface area contributed by atoms with Crippen molar-refractivity contribution in [3.05, 3.63) is 65.9 Å². The minimum atomic E-state index is -0.495. The molecule has 2 heterocycles. The van der Waals surface area contributed by atoms with Crippen molar-refractivity contribution in [2.45, 2.75) is 12.8 Å². The lowest BCUT2D eigenvalue weighted by Crippen LogP contribution is -2.18. The van der Waals surface area contributed by atoms with Gasteiger partial charge in [-0.05, 0) is 49.2 Å². The van der Waals surface area contributed by atoms with Gasteiger partial charge in [-0.15, -0.1) is 0 Å². The number of benzene rings is 2. The number of nitrogens with one attached hydrogen (secondary N) is 1. The molecule has 2 aromatic carbocycles. The van der Waals surface area contributed by atoms with Crippen LogP contribution in [0.2, 0.25) is 0 Å². The monoisotopic (exact) mass is 384 g/mol. The van der Waals surface area contributed by atoms with E-state index >= 15 is 0 Å². The largest absolute Gasteiger partial charge is 0.370 e. The van der Waals surface area contributed by atoms with Gasteiger partial charge in [-0.3, -0.25) is 4.79 Å². The topological polar surface area (TPSA) is 108 Å². The van der Waals surface area contributed by atoms with Gasteiger partial charge in [0.1, 0.15) is 6.07 Å². The summed E-state index contributed by atoms with van der Waals surface area (Å²) in [6.45, 7) is 1.97. The molecular weight excluding hydrogens is 364 g/mol. The maximum absolute atomic E-state index is 11.4. The van der Waals surface area contributed by atoms with Gasteiger partial charge < -0.3 is 16.0 Å². The Kier molecular flexibility index (Phi) is 5.08. The summed E-state index contributed by atoms with van der Waals surface area (Å²) in [4.78, 5) is 22.4. The molecule has 1 aliphatic rings. The Morgan fingerprint density at radius 3 is 2.72 bits per heavy atom. The molecule has 1 amide bonds. The lowest BCUT2D eigenvalue weighted by molar-refractivity contribution is 0.100. The maximum atomic E-state index is 11.4. The summed E-state index contributed by atoms with van der Waals surface area (Å²) < 4.78 is 0. The predicted octanol–water partition coefficient (Wildman–Crippen LogP) is 3.46. The molecule has 7 heteroatoms. The van der Waals surface area contributed by atoms with E-state index in [0.29, 0.717) is 28.5 Å². The molecule has 1 fully saturated rings. The van der Waals surface area contributed by atoms with Gasteiger partial charge in [-0.25, -0.2) is 9.97 Å². The number of aromatic nitrogens is 2. The normalized spacial score (nSPS) is 13.1. The fourth-order valence-corrected chi connectivity index (χ4v) is 3.48. The summed E-state index contributed by atoms with van der Waals surface area (Å²) >= 11 is 0. The van der Waals surface area contributed by atoms with Gasteiger partial charge in [-0.1, -0.05) is 12.1 Å². The molecule has 1 saturated heterocycles. The summed E-state index contributed by atoms with van der Waals surface area (Å²) in [6.07, 6.45) is 3.97. The molecule has 4 rings (SSSR count). The number of nitrogens with zero attached hydrogens (tertiary/aromatic N) is 4. The summed E-state index contributed by atoms with van der Waals surface area (Å²) in [7, 11) is 0. The number of hydrogen-bond acceptors (Lipinski definition) is 6. The summed E-state index contributed by atoms with van der Waals surface area (Å²) in [5.74, 6) is -0.100. The molecular formula is C22H20N6O. The van der Waals surface area contributed by atoms with Crippen LogP contribution in [0.15, 0.2) is 54.7 Å². The summed E-state index contributed by atoms with van der Waals surface area (Å²) in [5, 5.41) is 12.7. The zero-order valence-corrected chi connectivity index (χ0v) is 15.8. The van der Waals surface area contributed by atoms with Crippen LogP contribution in [0.25, 0.3) is 11.3 Å². The van der Waals surface area contributed by atoms with Crippen LogP contribution in [0.4, 0.5) is 17.3 Å². The lowest BCUT2D eigenvalue weighted by Gasteiger charge is -2.19. The minimum Gasteiger partial charge on any atom is -0.370 e. The van der Waals surface area contributed by atoms with E-state index in [1.165, 1.54) is 0 Å². The molecule has 0 bridgehead atoms. The van der Waals surface area contributed by atoms with Crippen LogP contribution in [-0.4, -0.2) is 29.0 Å². The van der Waals surface area contributed by atoms with E-state index < -0.39 is 5.91 Å². The Bertz CT molecular complexity index is 1100. The fraction of sp³-hybridized carbons (Fsp3) is 0.182. The smallest absolute Gasteiger partial charge is 0.248 e. The zero-order valence-electron chi connectivity index (χ0n) is 15.8. The van der Waals surface area contributed by atoms with E-state index in [4.69, 9.17) is 5.73 Å². The molecule has 7 nitrogen and oxygen atoms in total. The number of rotatable bonds is 5. The number of carbonyl (C=O) groups is 1. The minimum absolute atomic E-state index is 0.395. The lowest BCUT2D eigenvalue weighted by atomic mass is 10.1. The van der Waals surface area contributed by atoms with Crippen molar-refractivity contribution in [3.8, 4) is 17.3 Å². The quantitative estimate of drug-likeness (QED) is 0.697. The molecule has 1 aliphatic heterocycles. The highest BCUT2D eigenvalue weighted by Crippen LogP contribution is 2.29. The van der Waals surface area contributed by atoms with Crippen molar-refractivity contribution in [1.82, 2.24) is 9.97 Å². The number of carbonyl (C=O) groups excluding carboxylic acids is 1. The van der Waals surface area contributed by atoms with E-state index in [9.17, 15) is 10.1 Å². The number of nitriles is 1. The van der Waals surface area contributed by atoms with Crippen molar-refractivity contribution in [1.29, 1.82) is 5.26 Å². The highest BCUT2D eigenvalue weighted by molar-refractivity contribution is 5.93. The van der Waals surface area contributed by atoms with Crippen LogP contribution < -0.4 is 16.0 Å². The SMILES string of the molecule is N#Cc1cc(-c2ccnc(Nc3cccc(C(N)=O)c3)n2)ccc1N1CCCC1. The van der Waals surface area contributed by atoms with Gasteiger partial charge in [0.25, 0.3) is 0 Å². The number of primary amides is 1. The van der Waals surface area contributed by atoms with E-state index in [1.807, 2.05) is 18.2 Å². The van der Waals surface area contributed by atoms with E-state index in [0.717, 1.165) is 37.2 Å². The number of nitrogens with two attached hydrogens (primary N) is 1. The van der Waals surface area contributed by atoms with Crippen LogP contribution in [-0.2, 0) is 0 Å². The molecule has 0 saturated carbocycles. The first-order valence-electron chi connectivity index (χ1n) is 9.43. The van der Waals surface area contributed by atoms with Crippen LogP contribution in [0, 0.1) is 11.3 Å². The second-order valence-electron chi connectivity index (χ2n) is 6.87. The molecule has 0 unspecified atom stereocenters. The summed E-state index contributed by atoms with van der Waals surface area (Å²) in [5.41, 5.74) is 9.58. The predicted molar refractivity (Wildman–Crippen MR) is 112 cm³/mol. The maximum Gasteiger partial charge on any atom is 0.248 e. The average molecular weight is 384 g/mol. The Labute approximate surface area is 168 Å². The molecule has 3 N–H and O–H groups in total. The van der Waals surface area contributed by atoms with Gasteiger partial charge >= 0.3 is 0 Å². The first-order chi connectivity index (χ1) is 14.1. The second-order valence-corrected chi connectivity index (χ2v) is 6.87. The average Bonchev–Trinajstić information content (AvgIpc) is 3.28. The van der Waals surface area contributed by atoms with Crippen molar-refractivity contribution in [2.24, 2.45) is 5.73 Å². The van der Waals surface area contributed by atoms with Gasteiger partial charge in [0.05, 0.1) is 16.9 Å². The molecule has 0 radical (unpaired) electrons. The molecule has 0 aliphatic carbocycles. The molecule has 0 atom stereocenters. The Balaban J connectivity index is 1.61. The first kappa shape index (κ1) is 18.4. The van der Waals surface area contributed by atoms with E-state index in [1.54, 1.807) is 36.5 Å². The fourth-order valence-electron chi connectivity index (χ4n) is 3.48. The third kappa shape index (κ3) is 4.01. The van der Waals surface area contributed by atoms with Crippen molar-refractivity contribution in [2.75, 3.05) is 23.3 Å². The first-order valence-corrected chi connectivity index (χ1v) is 9.43. The third-order valence-electron chi connectivity index (χ3n) is 4.92. The van der Waals surface area contributed by atoms with Crippen molar-refractivity contribution in [3.63, 3.8) is 0 Å². The Hall–Kier alpha value is -3.92. The zero-order chi connectivity index (χ0) is 20.2. The standard InChI is InChI=1S/C22H20N6O/c23-14-17-12-15(6-7-20(17)28-10-1-2-11-28)19-8-9-25-22(27-19)26-18-5-3-4-16(13-18)21(24)29/h3-9,12-13H,1-2,10-11H2,(H2,24,29)(H,25,26,27). The van der Waals surface area contributed by atoms with Gasteiger partial charge in [0.15, 0.2) is 0 Å². The van der Waals surface area contributed by atoms with Gasteiger partial charge in [0, 0.05) is 36.1 Å². The third-order valence-corrected chi connectivity index (χ3v) is 4.92.